The number of hydrogen-bond acceptors (Lipinski definition) is 3. The first-order valence-electron chi connectivity index (χ1n) is 3.65. The molecule has 0 bridgehead atoms. The highest BCUT2D eigenvalue weighted by atomic mass is 16.7. The zero-order chi connectivity index (χ0) is 7.14. The lowest BCUT2D eigenvalue weighted by Gasteiger charge is -2.22. The van der Waals surface area contributed by atoms with E-state index in [4.69, 9.17) is 14.2 Å². The molecule has 4 atom stereocenters. The Kier molecular flexibility index (Phi) is 1.44. The fourth-order valence-corrected chi connectivity index (χ4v) is 1.47. The third kappa shape index (κ3) is 0.944. The maximum atomic E-state index is 5.44. The predicted molar refractivity (Wildman–Crippen MR) is 34.6 cm³/mol. The number of fused-ring (bicyclic) bond motifs is 1. The minimum absolute atomic E-state index is 0.0428. The Morgan fingerprint density at radius 3 is 2.80 bits per heavy atom. The van der Waals surface area contributed by atoms with Crippen LogP contribution in [0.1, 0.15) is 13.3 Å². The summed E-state index contributed by atoms with van der Waals surface area (Å²) < 4.78 is 15.8. The van der Waals surface area contributed by atoms with Crippen LogP contribution in [0.15, 0.2) is 0 Å². The first kappa shape index (κ1) is 6.58. The van der Waals surface area contributed by atoms with Crippen molar-refractivity contribution in [1.29, 1.82) is 0 Å². The Labute approximate surface area is 60.3 Å². The number of epoxide rings is 1. The van der Waals surface area contributed by atoms with E-state index in [1.807, 2.05) is 6.92 Å². The lowest BCUT2D eigenvalue weighted by molar-refractivity contribution is -0.165. The first-order valence-corrected chi connectivity index (χ1v) is 3.65. The summed E-state index contributed by atoms with van der Waals surface area (Å²) in [4.78, 5) is 0. The Hall–Kier alpha value is -0.120. The predicted octanol–water partition coefficient (Wildman–Crippen LogP) is 0.535. The number of ether oxygens (including phenoxy) is 3. The molecule has 0 amide bonds. The molecule has 0 unspecified atom stereocenters. The molecule has 2 rings (SSSR count). The molecule has 2 aliphatic heterocycles. The van der Waals surface area contributed by atoms with Gasteiger partial charge in [-0.3, -0.25) is 0 Å². The van der Waals surface area contributed by atoms with E-state index in [0.717, 1.165) is 6.42 Å². The van der Waals surface area contributed by atoms with Gasteiger partial charge in [0.25, 0.3) is 0 Å². The van der Waals surface area contributed by atoms with Crippen LogP contribution in [0, 0.1) is 0 Å². The fraction of sp³-hybridized carbons (Fsp3) is 1.00. The molecule has 2 saturated heterocycles. The van der Waals surface area contributed by atoms with Crippen LogP contribution in [0.4, 0.5) is 0 Å². The first-order chi connectivity index (χ1) is 4.81. The maximum Gasteiger partial charge on any atom is 0.160 e. The molecule has 0 aliphatic carbocycles. The summed E-state index contributed by atoms with van der Waals surface area (Å²) in [5.41, 5.74) is 0. The van der Waals surface area contributed by atoms with E-state index in [0.29, 0.717) is 12.2 Å². The highest BCUT2D eigenvalue weighted by Gasteiger charge is 2.49. The van der Waals surface area contributed by atoms with Gasteiger partial charge in [-0.15, -0.1) is 0 Å². The van der Waals surface area contributed by atoms with Crippen LogP contribution >= 0.6 is 0 Å². The lowest BCUT2D eigenvalue weighted by atomic mass is 10.1. The second-order valence-corrected chi connectivity index (χ2v) is 2.88. The molecule has 2 heterocycles. The van der Waals surface area contributed by atoms with Gasteiger partial charge < -0.3 is 14.2 Å². The Morgan fingerprint density at radius 1 is 1.40 bits per heavy atom. The van der Waals surface area contributed by atoms with Gasteiger partial charge in [0, 0.05) is 13.5 Å². The van der Waals surface area contributed by atoms with Gasteiger partial charge in [0.15, 0.2) is 6.29 Å². The average molecular weight is 144 g/mol. The van der Waals surface area contributed by atoms with Gasteiger partial charge in [-0.1, -0.05) is 0 Å². The SMILES string of the molecule is CO[C@H]1C[C@@H]2O[C@@H]2[C@@H](C)O1. The van der Waals surface area contributed by atoms with Crippen molar-refractivity contribution < 1.29 is 14.2 Å². The van der Waals surface area contributed by atoms with Crippen LogP contribution in [0.3, 0.4) is 0 Å². The molecule has 0 aromatic heterocycles. The smallest absolute Gasteiger partial charge is 0.160 e. The molecule has 10 heavy (non-hydrogen) atoms. The van der Waals surface area contributed by atoms with E-state index in [1.54, 1.807) is 7.11 Å². The van der Waals surface area contributed by atoms with Crippen molar-refractivity contribution in [2.45, 2.75) is 37.9 Å². The molecule has 3 nitrogen and oxygen atoms in total. The van der Waals surface area contributed by atoms with Crippen molar-refractivity contribution in [3.8, 4) is 0 Å². The summed E-state index contributed by atoms with van der Waals surface area (Å²) in [6.45, 7) is 2.02. The van der Waals surface area contributed by atoms with Crippen molar-refractivity contribution in [3.05, 3.63) is 0 Å². The molecule has 2 aliphatic rings. The van der Waals surface area contributed by atoms with Crippen molar-refractivity contribution >= 4 is 0 Å². The van der Waals surface area contributed by atoms with Crippen LogP contribution in [0.25, 0.3) is 0 Å². The van der Waals surface area contributed by atoms with Crippen LogP contribution < -0.4 is 0 Å². The Bertz CT molecular complexity index is 137. The molecule has 0 spiro atoms. The van der Waals surface area contributed by atoms with E-state index in [2.05, 4.69) is 0 Å². The van der Waals surface area contributed by atoms with Gasteiger partial charge in [0.2, 0.25) is 0 Å². The average Bonchev–Trinajstić information content (AvgIpc) is 2.66. The molecule has 0 saturated carbocycles. The second-order valence-electron chi connectivity index (χ2n) is 2.88. The monoisotopic (exact) mass is 144 g/mol. The number of rotatable bonds is 1. The molecule has 0 radical (unpaired) electrons. The zero-order valence-electron chi connectivity index (χ0n) is 6.24. The highest BCUT2D eigenvalue weighted by molar-refractivity contribution is 4.93. The van der Waals surface area contributed by atoms with Crippen molar-refractivity contribution in [2.24, 2.45) is 0 Å². The molecule has 58 valence electrons. The summed E-state index contributed by atoms with van der Waals surface area (Å²) >= 11 is 0. The van der Waals surface area contributed by atoms with Crippen LogP contribution in [-0.2, 0) is 14.2 Å². The summed E-state index contributed by atoms with van der Waals surface area (Å²) in [6, 6.07) is 0. The Morgan fingerprint density at radius 2 is 2.20 bits per heavy atom. The normalized spacial score (nSPS) is 52.2. The number of hydrogen-bond donors (Lipinski definition) is 0. The summed E-state index contributed by atoms with van der Waals surface area (Å²) in [5, 5.41) is 0. The molecular formula is C7H12O3. The van der Waals surface area contributed by atoms with Crippen LogP contribution in [-0.4, -0.2) is 31.7 Å². The molecule has 0 aromatic carbocycles. The molecule has 0 N–H and O–H groups in total. The Balaban J connectivity index is 1.93. The minimum Gasteiger partial charge on any atom is -0.367 e. The third-order valence-corrected chi connectivity index (χ3v) is 2.14. The van der Waals surface area contributed by atoms with Gasteiger partial charge in [0.05, 0.1) is 12.2 Å². The summed E-state index contributed by atoms with van der Waals surface area (Å²) in [5.74, 6) is 0. The third-order valence-electron chi connectivity index (χ3n) is 2.14. The quantitative estimate of drug-likeness (QED) is 0.503. The van der Waals surface area contributed by atoms with E-state index < -0.39 is 0 Å². The molecule has 0 aromatic rings. The van der Waals surface area contributed by atoms with Crippen molar-refractivity contribution in [3.63, 3.8) is 0 Å². The molecular weight excluding hydrogens is 132 g/mol. The maximum absolute atomic E-state index is 5.44. The lowest BCUT2D eigenvalue weighted by Crippen LogP contribution is -2.32. The van der Waals surface area contributed by atoms with Gasteiger partial charge in [-0.05, 0) is 6.92 Å². The topological polar surface area (TPSA) is 31.0 Å². The second kappa shape index (κ2) is 2.19. The van der Waals surface area contributed by atoms with Crippen molar-refractivity contribution in [2.75, 3.05) is 7.11 Å². The molecule has 3 heteroatoms. The van der Waals surface area contributed by atoms with Gasteiger partial charge in [-0.25, -0.2) is 0 Å². The fourth-order valence-electron chi connectivity index (χ4n) is 1.47. The van der Waals surface area contributed by atoms with E-state index in [9.17, 15) is 0 Å². The van der Waals surface area contributed by atoms with E-state index in [-0.39, 0.29) is 12.4 Å². The summed E-state index contributed by atoms with van der Waals surface area (Å²) in [6.07, 6.45) is 1.83. The standard InChI is InChI=1S/C7H12O3/c1-4-7-5(10-7)3-6(8-2)9-4/h4-7H,3H2,1-2H3/t4-,5+,6-,7-/m1/s1. The summed E-state index contributed by atoms with van der Waals surface area (Å²) in [7, 11) is 1.67. The van der Waals surface area contributed by atoms with Gasteiger partial charge in [-0.2, -0.15) is 0 Å². The molecule has 2 fully saturated rings. The van der Waals surface area contributed by atoms with E-state index in [1.165, 1.54) is 0 Å². The number of methoxy groups -OCH3 is 1. The van der Waals surface area contributed by atoms with Gasteiger partial charge in [0.1, 0.15) is 6.10 Å². The van der Waals surface area contributed by atoms with Gasteiger partial charge >= 0.3 is 0 Å². The van der Waals surface area contributed by atoms with Crippen LogP contribution in [0.2, 0.25) is 0 Å². The highest BCUT2D eigenvalue weighted by Crippen LogP contribution is 2.36. The largest absolute Gasteiger partial charge is 0.367 e. The van der Waals surface area contributed by atoms with E-state index >= 15 is 0 Å². The minimum atomic E-state index is -0.0428. The zero-order valence-corrected chi connectivity index (χ0v) is 6.24. The van der Waals surface area contributed by atoms with Crippen molar-refractivity contribution in [1.82, 2.24) is 0 Å². The van der Waals surface area contributed by atoms with Crippen LogP contribution in [0.5, 0.6) is 0 Å².